The highest BCUT2D eigenvalue weighted by Gasteiger charge is 2.08. The van der Waals surface area contributed by atoms with Crippen LogP contribution in [0.4, 0.5) is 0 Å². The molecule has 2 aromatic carbocycles. The molecule has 1 amide bonds. The molecule has 0 radical (unpaired) electrons. The van der Waals surface area contributed by atoms with Gasteiger partial charge in [-0.2, -0.15) is 5.10 Å². The van der Waals surface area contributed by atoms with Crippen LogP contribution in [-0.4, -0.2) is 16.7 Å². The lowest BCUT2D eigenvalue weighted by molar-refractivity contribution is 0.0955. The normalized spacial score (nSPS) is 10.9. The predicted octanol–water partition coefficient (Wildman–Crippen LogP) is 4.55. The SMILES string of the molecule is O=C(N/N=C/c1cccn1-c1ccc(Cl)cc1)c1ccccc1Cl. The first kappa shape index (κ1) is 16.3. The third-order valence-electron chi connectivity index (χ3n) is 3.37. The molecular weight excluding hydrogens is 345 g/mol. The van der Waals surface area contributed by atoms with Crippen molar-refractivity contribution in [3.05, 3.63) is 88.2 Å². The van der Waals surface area contributed by atoms with Gasteiger partial charge in [0.05, 0.1) is 22.5 Å². The number of halogens is 2. The number of amides is 1. The second-order valence-corrected chi connectivity index (χ2v) is 5.80. The molecular formula is C18H13Cl2N3O. The van der Waals surface area contributed by atoms with E-state index in [0.717, 1.165) is 11.4 Å². The van der Waals surface area contributed by atoms with Crippen LogP contribution in [0.1, 0.15) is 16.1 Å². The van der Waals surface area contributed by atoms with E-state index in [1.807, 2.05) is 47.2 Å². The molecule has 0 aliphatic heterocycles. The first-order chi connectivity index (χ1) is 11.6. The minimum Gasteiger partial charge on any atom is -0.316 e. The summed E-state index contributed by atoms with van der Waals surface area (Å²) in [6.45, 7) is 0. The fourth-order valence-electron chi connectivity index (χ4n) is 2.20. The Hall–Kier alpha value is -2.56. The number of hydrazone groups is 1. The maximum Gasteiger partial charge on any atom is 0.272 e. The highest BCUT2D eigenvalue weighted by Crippen LogP contribution is 2.16. The largest absolute Gasteiger partial charge is 0.316 e. The van der Waals surface area contributed by atoms with Gasteiger partial charge in [-0.1, -0.05) is 35.3 Å². The van der Waals surface area contributed by atoms with Crippen LogP contribution in [0.15, 0.2) is 72.0 Å². The van der Waals surface area contributed by atoms with Crippen molar-refractivity contribution in [3.63, 3.8) is 0 Å². The molecule has 0 aliphatic rings. The molecule has 3 aromatic rings. The first-order valence-electron chi connectivity index (χ1n) is 7.16. The number of hydrogen-bond acceptors (Lipinski definition) is 2. The smallest absolute Gasteiger partial charge is 0.272 e. The van der Waals surface area contributed by atoms with E-state index < -0.39 is 0 Å². The number of carbonyl (C=O) groups excluding carboxylic acids is 1. The molecule has 24 heavy (non-hydrogen) atoms. The van der Waals surface area contributed by atoms with Crippen molar-refractivity contribution in [1.29, 1.82) is 0 Å². The van der Waals surface area contributed by atoms with Crippen LogP contribution in [0.2, 0.25) is 10.0 Å². The van der Waals surface area contributed by atoms with Crippen molar-refractivity contribution in [2.75, 3.05) is 0 Å². The highest BCUT2D eigenvalue weighted by atomic mass is 35.5. The van der Waals surface area contributed by atoms with Gasteiger partial charge in [-0.25, -0.2) is 5.43 Å². The molecule has 120 valence electrons. The molecule has 1 aromatic heterocycles. The van der Waals surface area contributed by atoms with Crippen molar-refractivity contribution in [2.24, 2.45) is 5.10 Å². The summed E-state index contributed by atoms with van der Waals surface area (Å²) in [5, 5.41) is 5.06. The first-order valence-corrected chi connectivity index (χ1v) is 7.92. The molecule has 0 fully saturated rings. The fourth-order valence-corrected chi connectivity index (χ4v) is 2.55. The van der Waals surface area contributed by atoms with Gasteiger partial charge in [0.1, 0.15) is 0 Å². The molecule has 3 rings (SSSR count). The third kappa shape index (κ3) is 3.67. The van der Waals surface area contributed by atoms with Crippen LogP contribution in [0, 0.1) is 0 Å². The molecule has 4 nitrogen and oxygen atoms in total. The Morgan fingerprint density at radius 3 is 2.50 bits per heavy atom. The number of nitrogens with one attached hydrogen (secondary N) is 1. The number of rotatable bonds is 4. The molecule has 0 saturated carbocycles. The second kappa shape index (κ2) is 7.34. The second-order valence-electron chi connectivity index (χ2n) is 4.96. The summed E-state index contributed by atoms with van der Waals surface area (Å²) in [6.07, 6.45) is 3.48. The van der Waals surface area contributed by atoms with Crippen molar-refractivity contribution in [1.82, 2.24) is 9.99 Å². The Morgan fingerprint density at radius 1 is 1.00 bits per heavy atom. The van der Waals surface area contributed by atoms with E-state index in [9.17, 15) is 4.79 Å². The molecule has 1 N–H and O–H groups in total. The van der Waals surface area contributed by atoms with Gasteiger partial charge in [-0.05, 0) is 48.5 Å². The zero-order chi connectivity index (χ0) is 16.9. The van der Waals surface area contributed by atoms with E-state index in [1.54, 1.807) is 30.5 Å². The zero-order valence-electron chi connectivity index (χ0n) is 12.5. The molecule has 0 bridgehead atoms. The molecule has 0 saturated heterocycles. The lowest BCUT2D eigenvalue weighted by Gasteiger charge is -2.06. The molecule has 6 heteroatoms. The van der Waals surface area contributed by atoms with Gasteiger partial charge in [-0.15, -0.1) is 0 Å². The Morgan fingerprint density at radius 2 is 1.75 bits per heavy atom. The Labute approximate surface area is 149 Å². The van der Waals surface area contributed by atoms with E-state index in [1.165, 1.54) is 0 Å². The van der Waals surface area contributed by atoms with Crippen LogP contribution < -0.4 is 5.43 Å². The van der Waals surface area contributed by atoms with Gasteiger partial charge in [0.15, 0.2) is 0 Å². The van der Waals surface area contributed by atoms with Crippen LogP contribution in [0.25, 0.3) is 5.69 Å². The van der Waals surface area contributed by atoms with Gasteiger partial charge in [-0.3, -0.25) is 4.79 Å². The summed E-state index contributed by atoms with van der Waals surface area (Å²) in [5.41, 5.74) is 4.62. The molecule has 0 unspecified atom stereocenters. The molecule has 0 spiro atoms. The fraction of sp³-hybridized carbons (Fsp3) is 0. The average Bonchev–Trinajstić information content (AvgIpc) is 3.04. The van der Waals surface area contributed by atoms with Crippen molar-refractivity contribution < 1.29 is 4.79 Å². The van der Waals surface area contributed by atoms with Gasteiger partial charge in [0.2, 0.25) is 0 Å². The topological polar surface area (TPSA) is 46.4 Å². The number of carbonyl (C=O) groups is 1. The van der Waals surface area contributed by atoms with Crippen LogP contribution in [0.5, 0.6) is 0 Å². The molecule has 0 atom stereocenters. The van der Waals surface area contributed by atoms with E-state index in [2.05, 4.69) is 10.5 Å². The van der Waals surface area contributed by atoms with Crippen LogP contribution >= 0.6 is 23.2 Å². The van der Waals surface area contributed by atoms with E-state index in [0.29, 0.717) is 15.6 Å². The minimum absolute atomic E-state index is 0.360. The van der Waals surface area contributed by atoms with E-state index >= 15 is 0 Å². The third-order valence-corrected chi connectivity index (χ3v) is 3.95. The lowest BCUT2D eigenvalue weighted by Crippen LogP contribution is -2.18. The van der Waals surface area contributed by atoms with Crippen molar-refractivity contribution in [2.45, 2.75) is 0 Å². The monoisotopic (exact) mass is 357 g/mol. The summed E-state index contributed by atoms with van der Waals surface area (Å²) >= 11 is 11.9. The van der Waals surface area contributed by atoms with Gasteiger partial charge < -0.3 is 4.57 Å². The standard InChI is InChI=1S/C18H13Cl2N3O/c19-13-7-9-14(10-8-13)23-11-3-4-15(23)12-21-22-18(24)16-5-1-2-6-17(16)20/h1-12H,(H,22,24)/b21-12+. The summed E-state index contributed by atoms with van der Waals surface area (Å²) in [6, 6.07) is 18.0. The van der Waals surface area contributed by atoms with Gasteiger partial charge in [0, 0.05) is 16.9 Å². The van der Waals surface area contributed by atoms with E-state index in [-0.39, 0.29) is 5.91 Å². The van der Waals surface area contributed by atoms with Crippen molar-refractivity contribution >= 4 is 35.3 Å². The van der Waals surface area contributed by atoms with Gasteiger partial charge in [0.25, 0.3) is 5.91 Å². The van der Waals surface area contributed by atoms with Crippen molar-refractivity contribution in [3.8, 4) is 5.69 Å². The number of aromatic nitrogens is 1. The van der Waals surface area contributed by atoms with E-state index in [4.69, 9.17) is 23.2 Å². The maximum atomic E-state index is 12.1. The highest BCUT2D eigenvalue weighted by molar-refractivity contribution is 6.33. The molecule has 0 aliphatic carbocycles. The number of benzene rings is 2. The summed E-state index contributed by atoms with van der Waals surface area (Å²) in [4.78, 5) is 12.1. The summed E-state index contributed by atoms with van der Waals surface area (Å²) < 4.78 is 1.93. The Balaban J connectivity index is 1.74. The summed E-state index contributed by atoms with van der Waals surface area (Å²) in [7, 11) is 0. The quantitative estimate of drug-likeness (QED) is 0.540. The predicted molar refractivity (Wildman–Crippen MR) is 97.3 cm³/mol. The number of nitrogens with zero attached hydrogens (tertiary/aromatic N) is 2. The Kier molecular flexibility index (Phi) is 4.99. The average molecular weight is 358 g/mol. The zero-order valence-corrected chi connectivity index (χ0v) is 14.0. The van der Waals surface area contributed by atoms with Crippen LogP contribution in [0.3, 0.4) is 0 Å². The van der Waals surface area contributed by atoms with Crippen LogP contribution in [-0.2, 0) is 0 Å². The minimum atomic E-state index is -0.360. The Bertz CT molecular complexity index is 885. The molecule has 1 heterocycles. The lowest BCUT2D eigenvalue weighted by atomic mass is 10.2. The summed E-state index contributed by atoms with van der Waals surface area (Å²) in [5.74, 6) is -0.360. The maximum absolute atomic E-state index is 12.1. The number of hydrogen-bond donors (Lipinski definition) is 1. The van der Waals surface area contributed by atoms with Gasteiger partial charge >= 0.3 is 0 Å².